The Balaban J connectivity index is 1.63. The molecule has 0 radical (unpaired) electrons. The lowest BCUT2D eigenvalue weighted by atomic mass is 10.2. The standard InChI is InChI=1S/C20H26N4O3S/c1-4-23(5-2)19(25)18-22-16-9-11-24(12-10-17(16)28-18)20(26)21-14-7-6-8-15(13-14)27-3/h6-8,13H,4-5,9-12H2,1-3H3,(H,21,26). The average Bonchev–Trinajstić information content (AvgIpc) is 3.01. The Labute approximate surface area is 169 Å². The molecule has 0 saturated carbocycles. The molecule has 1 N–H and O–H groups in total. The number of thiazole rings is 1. The maximum absolute atomic E-state index is 12.6. The topological polar surface area (TPSA) is 74.8 Å². The van der Waals surface area contributed by atoms with E-state index in [1.54, 1.807) is 23.0 Å². The second-order valence-electron chi connectivity index (χ2n) is 6.52. The van der Waals surface area contributed by atoms with Gasteiger partial charge >= 0.3 is 6.03 Å². The highest BCUT2D eigenvalue weighted by Gasteiger charge is 2.24. The molecular weight excluding hydrogens is 376 g/mol. The Morgan fingerprint density at radius 1 is 1.25 bits per heavy atom. The minimum atomic E-state index is -0.136. The van der Waals surface area contributed by atoms with Crippen LogP contribution in [0.1, 0.15) is 34.2 Å². The third kappa shape index (κ3) is 4.44. The molecule has 150 valence electrons. The summed E-state index contributed by atoms with van der Waals surface area (Å²) in [7, 11) is 1.60. The molecule has 0 bridgehead atoms. The lowest BCUT2D eigenvalue weighted by molar-refractivity contribution is 0.0772. The highest BCUT2D eigenvalue weighted by atomic mass is 32.1. The number of aromatic nitrogens is 1. The lowest BCUT2D eigenvalue weighted by Gasteiger charge is -2.21. The molecule has 3 amide bonds. The van der Waals surface area contributed by atoms with Crippen LogP contribution in [0.3, 0.4) is 0 Å². The predicted molar refractivity (Wildman–Crippen MR) is 110 cm³/mol. The van der Waals surface area contributed by atoms with Gasteiger partial charge in [0, 0.05) is 55.7 Å². The summed E-state index contributed by atoms with van der Waals surface area (Å²) < 4.78 is 5.19. The van der Waals surface area contributed by atoms with Gasteiger partial charge in [0.25, 0.3) is 5.91 Å². The smallest absolute Gasteiger partial charge is 0.321 e. The molecule has 0 atom stereocenters. The molecule has 0 saturated heterocycles. The zero-order chi connectivity index (χ0) is 20.1. The first-order valence-electron chi connectivity index (χ1n) is 9.53. The van der Waals surface area contributed by atoms with E-state index in [0.29, 0.717) is 55.5 Å². The van der Waals surface area contributed by atoms with Crippen LogP contribution in [0.15, 0.2) is 24.3 Å². The minimum Gasteiger partial charge on any atom is -0.497 e. The van der Waals surface area contributed by atoms with Gasteiger partial charge in [-0.15, -0.1) is 11.3 Å². The summed E-state index contributed by atoms with van der Waals surface area (Å²) in [5.41, 5.74) is 1.64. The van der Waals surface area contributed by atoms with Crippen molar-refractivity contribution < 1.29 is 14.3 Å². The van der Waals surface area contributed by atoms with Crippen LogP contribution in [0.4, 0.5) is 10.5 Å². The van der Waals surface area contributed by atoms with E-state index in [9.17, 15) is 9.59 Å². The number of methoxy groups -OCH3 is 1. The number of rotatable bonds is 5. The Bertz CT molecular complexity index is 822. The number of nitrogens with zero attached hydrogens (tertiary/aromatic N) is 3. The molecule has 1 aliphatic rings. The van der Waals surface area contributed by atoms with Crippen molar-refractivity contribution in [1.29, 1.82) is 0 Å². The number of carbonyl (C=O) groups is 2. The minimum absolute atomic E-state index is 0.00398. The fourth-order valence-electron chi connectivity index (χ4n) is 3.21. The van der Waals surface area contributed by atoms with Crippen LogP contribution in [-0.2, 0) is 12.8 Å². The van der Waals surface area contributed by atoms with Crippen molar-refractivity contribution in [2.75, 3.05) is 38.6 Å². The first-order valence-corrected chi connectivity index (χ1v) is 10.3. The SMILES string of the molecule is CCN(CC)C(=O)c1nc2c(s1)CCN(C(=O)Nc1cccc(OC)c1)CC2. The number of amides is 3. The van der Waals surface area contributed by atoms with E-state index in [4.69, 9.17) is 4.74 Å². The molecule has 7 nitrogen and oxygen atoms in total. The van der Waals surface area contributed by atoms with Crippen LogP contribution >= 0.6 is 11.3 Å². The van der Waals surface area contributed by atoms with Gasteiger partial charge in [-0.05, 0) is 26.0 Å². The molecular formula is C20H26N4O3S. The Morgan fingerprint density at radius 3 is 2.71 bits per heavy atom. The van der Waals surface area contributed by atoms with Gasteiger partial charge in [0.2, 0.25) is 0 Å². The molecule has 1 aliphatic heterocycles. The summed E-state index contributed by atoms with van der Waals surface area (Å²) in [5.74, 6) is 0.696. The zero-order valence-electron chi connectivity index (χ0n) is 16.5. The molecule has 1 aromatic carbocycles. The average molecular weight is 403 g/mol. The number of hydrogen-bond donors (Lipinski definition) is 1. The molecule has 28 heavy (non-hydrogen) atoms. The second-order valence-corrected chi connectivity index (χ2v) is 7.60. The molecule has 0 fully saturated rings. The zero-order valence-corrected chi connectivity index (χ0v) is 17.3. The third-order valence-corrected chi connectivity index (χ3v) is 5.99. The van der Waals surface area contributed by atoms with Crippen LogP contribution in [0.5, 0.6) is 5.75 Å². The van der Waals surface area contributed by atoms with Gasteiger partial charge in [0.05, 0.1) is 12.8 Å². The van der Waals surface area contributed by atoms with Crippen molar-refractivity contribution in [1.82, 2.24) is 14.8 Å². The van der Waals surface area contributed by atoms with Gasteiger partial charge in [-0.25, -0.2) is 9.78 Å². The number of anilines is 1. The number of benzene rings is 1. The quantitative estimate of drug-likeness (QED) is 0.833. The van der Waals surface area contributed by atoms with E-state index in [1.807, 2.05) is 32.0 Å². The number of nitrogens with one attached hydrogen (secondary N) is 1. The van der Waals surface area contributed by atoms with Crippen molar-refractivity contribution in [2.45, 2.75) is 26.7 Å². The van der Waals surface area contributed by atoms with E-state index in [-0.39, 0.29) is 11.9 Å². The van der Waals surface area contributed by atoms with Gasteiger partial charge < -0.3 is 19.9 Å². The van der Waals surface area contributed by atoms with Gasteiger partial charge in [-0.2, -0.15) is 0 Å². The Morgan fingerprint density at radius 2 is 2.00 bits per heavy atom. The highest BCUT2D eigenvalue weighted by Crippen LogP contribution is 2.25. The summed E-state index contributed by atoms with van der Waals surface area (Å²) in [4.78, 5) is 34.4. The summed E-state index contributed by atoms with van der Waals surface area (Å²) in [5, 5.41) is 3.48. The number of hydrogen-bond acceptors (Lipinski definition) is 5. The fourth-order valence-corrected chi connectivity index (χ4v) is 4.27. The van der Waals surface area contributed by atoms with E-state index < -0.39 is 0 Å². The molecule has 8 heteroatoms. The Kier molecular flexibility index (Phi) is 6.51. The van der Waals surface area contributed by atoms with Gasteiger partial charge in [0.15, 0.2) is 5.01 Å². The van der Waals surface area contributed by atoms with Crippen LogP contribution in [0.25, 0.3) is 0 Å². The number of ether oxygens (including phenoxy) is 1. The number of fused-ring (bicyclic) bond motifs is 1. The summed E-state index contributed by atoms with van der Waals surface area (Å²) in [6, 6.07) is 7.17. The van der Waals surface area contributed by atoms with Gasteiger partial charge in [0.1, 0.15) is 5.75 Å². The third-order valence-electron chi connectivity index (χ3n) is 4.85. The van der Waals surface area contributed by atoms with Crippen molar-refractivity contribution in [3.05, 3.63) is 39.8 Å². The first-order chi connectivity index (χ1) is 13.5. The Hall–Kier alpha value is -2.61. The molecule has 1 aromatic heterocycles. The van der Waals surface area contributed by atoms with E-state index >= 15 is 0 Å². The first kappa shape index (κ1) is 20.1. The molecule has 3 rings (SSSR count). The molecule has 0 spiro atoms. The lowest BCUT2D eigenvalue weighted by Crippen LogP contribution is -2.36. The summed E-state index contributed by atoms with van der Waals surface area (Å²) in [6.45, 7) is 6.47. The maximum Gasteiger partial charge on any atom is 0.321 e. The van der Waals surface area contributed by atoms with Crippen LogP contribution < -0.4 is 10.1 Å². The molecule has 2 aromatic rings. The molecule has 0 aliphatic carbocycles. The number of urea groups is 1. The van der Waals surface area contributed by atoms with E-state index in [1.165, 1.54) is 11.3 Å². The van der Waals surface area contributed by atoms with Crippen LogP contribution in [0, 0.1) is 0 Å². The maximum atomic E-state index is 12.6. The van der Waals surface area contributed by atoms with E-state index in [0.717, 1.165) is 10.6 Å². The van der Waals surface area contributed by atoms with Crippen LogP contribution in [-0.4, -0.2) is 60.0 Å². The van der Waals surface area contributed by atoms with Crippen molar-refractivity contribution in [2.24, 2.45) is 0 Å². The molecule has 2 heterocycles. The van der Waals surface area contributed by atoms with E-state index in [2.05, 4.69) is 10.3 Å². The highest BCUT2D eigenvalue weighted by molar-refractivity contribution is 7.13. The predicted octanol–water partition coefficient (Wildman–Crippen LogP) is 3.27. The van der Waals surface area contributed by atoms with Gasteiger partial charge in [-0.1, -0.05) is 6.07 Å². The largest absolute Gasteiger partial charge is 0.497 e. The fraction of sp³-hybridized carbons (Fsp3) is 0.450. The van der Waals surface area contributed by atoms with Crippen molar-refractivity contribution in [3.63, 3.8) is 0 Å². The van der Waals surface area contributed by atoms with Gasteiger partial charge in [-0.3, -0.25) is 4.79 Å². The number of carbonyl (C=O) groups excluding carboxylic acids is 2. The second kappa shape index (κ2) is 9.05. The monoisotopic (exact) mass is 402 g/mol. The summed E-state index contributed by atoms with van der Waals surface area (Å²) >= 11 is 1.46. The van der Waals surface area contributed by atoms with Crippen LogP contribution in [0.2, 0.25) is 0 Å². The van der Waals surface area contributed by atoms with Crippen molar-refractivity contribution in [3.8, 4) is 5.75 Å². The molecule has 0 unspecified atom stereocenters. The normalized spacial score (nSPS) is 13.5. The summed E-state index contributed by atoms with van der Waals surface area (Å²) in [6.07, 6.45) is 1.37. The van der Waals surface area contributed by atoms with Crippen molar-refractivity contribution >= 4 is 29.0 Å².